The van der Waals surface area contributed by atoms with Crippen molar-refractivity contribution in [2.24, 2.45) is 0 Å². The van der Waals surface area contributed by atoms with E-state index in [0.717, 1.165) is 11.9 Å². The van der Waals surface area contributed by atoms with Crippen LogP contribution in [0.2, 0.25) is 10.2 Å². The first-order valence-corrected chi connectivity index (χ1v) is 5.93. The molecule has 0 radical (unpaired) electrons. The zero-order chi connectivity index (χ0) is 14.0. The topological polar surface area (TPSA) is 81.0 Å². The molecule has 1 aromatic heterocycles. The Kier molecular flexibility index (Phi) is 3.82. The highest BCUT2D eigenvalue weighted by Gasteiger charge is 2.22. The Morgan fingerprint density at radius 2 is 2.05 bits per heavy atom. The summed E-state index contributed by atoms with van der Waals surface area (Å²) in [6.45, 7) is 1.79. The predicted octanol–water partition coefficient (Wildman–Crippen LogP) is 3.74. The van der Waals surface area contributed by atoms with E-state index in [1.807, 2.05) is 0 Å². The zero-order valence-electron chi connectivity index (χ0n) is 9.72. The fraction of sp³-hybridized carbons (Fsp3) is 0.0909. The number of rotatable bonds is 3. The molecule has 6 nitrogen and oxygen atoms in total. The Balaban J connectivity index is 2.47. The number of benzene rings is 1. The number of aromatic nitrogens is 2. The van der Waals surface area contributed by atoms with Crippen LogP contribution >= 0.6 is 23.2 Å². The average Bonchev–Trinajstić information content (AvgIpc) is 2.34. The molecule has 0 aliphatic carbocycles. The minimum Gasteiger partial charge on any atom is -0.334 e. The van der Waals surface area contributed by atoms with Gasteiger partial charge in [-0.3, -0.25) is 10.1 Å². The van der Waals surface area contributed by atoms with E-state index in [2.05, 4.69) is 15.3 Å². The normalized spacial score (nSPS) is 10.3. The highest BCUT2D eigenvalue weighted by Crippen LogP contribution is 2.32. The van der Waals surface area contributed by atoms with Crippen molar-refractivity contribution in [3.05, 3.63) is 50.4 Å². The minimum absolute atomic E-state index is 0.0235. The lowest BCUT2D eigenvalue weighted by Gasteiger charge is -2.10. The molecular weight excluding hydrogens is 291 g/mol. The number of nitrogens with one attached hydrogen (secondary N) is 1. The molecule has 0 amide bonds. The van der Waals surface area contributed by atoms with Gasteiger partial charge in [-0.2, -0.15) is 0 Å². The highest BCUT2D eigenvalue weighted by atomic mass is 35.5. The number of nitro groups is 1. The lowest BCUT2D eigenvalue weighted by Crippen LogP contribution is -2.02. The van der Waals surface area contributed by atoms with Gasteiger partial charge < -0.3 is 5.32 Å². The number of hydrogen-bond donors (Lipinski definition) is 1. The first-order chi connectivity index (χ1) is 9.00. The third kappa shape index (κ3) is 2.74. The summed E-state index contributed by atoms with van der Waals surface area (Å²) in [6.07, 6.45) is 1.15. The third-order valence-electron chi connectivity index (χ3n) is 2.48. The number of halogens is 2. The molecule has 0 bridgehead atoms. The van der Waals surface area contributed by atoms with Crippen molar-refractivity contribution in [2.45, 2.75) is 6.92 Å². The molecule has 0 fully saturated rings. The predicted molar refractivity (Wildman–Crippen MR) is 73.2 cm³/mol. The van der Waals surface area contributed by atoms with Gasteiger partial charge in [0.1, 0.15) is 6.33 Å². The first kappa shape index (κ1) is 13.5. The number of nitrogens with zero attached hydrogens (tertiary/aromatic N) is 3. The second-order valence-electron chi connectivity index (χ2n) is 3.66. The van der Waals surface area contributed by atoms with Crippen molar-refractivity contribution in [1.29, 1.82) is 0 Å². The van der Waals surface area contributed by atoms with Crippen LogP contribution in [0.4, 0.5) is 17.2 Å². The lowest BCUT2D eigenvalue weighted by molar-refractivity contribution is -0.384. The Morgan fingerprint density at radius 1 is 1.32 bits per heavy atom. The summed E-state index contributed by atoms with van der Waals surface area (Å²) < 4.78 is 0. The van der Waals surface area contributed by atoms with E-state index < -0.39 is 4.92 Å². The van der Waals surface area contributed by atoms with Crippen LogP contribution in [0, 0.1) is 17.0 Å². The molecule has 0 spiro atoms. The minimum atomic E-state index is -0.634. The van der Waals surface area contributed by atoms with Gasteiger partial charge in [0.25, 0.3) is 0 Å². The van der Waals surface area contributed by atoms with Gasteiger partial charge >= 0.3 is 5.69 Å². The molecule has 98 valence electrons. The van der Waals surface area contributed by atoms with Crippen molar-refractivity contribution < 1.29 is 4.92 Å². The molecule has 0 saturated heterocycles. The van der Waals surface area contributed by atoms with Gasteiger partial charge in [0, 0.05) is 10.7 Å². The van der Waals surface area contributed by atoms with Crippen LogP contribution in [-0.4, -0.2) is 14.9 Å². The van der Waals surface area contributed by atoms with Crippen molar-refractivity contribution in [2.75, 3.05) is 5.32 Å². The Hall–Kier alpha value is -1.92. The summed E-state index contributed by atoms with van der Waals surface area (Å²) in [7, 11) is 0. The number of anilines is 2. The maximum atomic E-state index is 11.0. The van der Waals surface area contributed by atoms with E-state index in [9.17, 15) is 10.1 Å². The van der Waals surface area contributed by atoms with Gasteiger partial charge in [0.15, 0.2) is 0 Å². The third-order valence-corrected chi connectivity index (χ3v) is 3.17. The number of hydrogen-bond acceptors (Lipinski definition) is 5. The Labute approximate surface area is 118 Å². The van der Waals surface area contributed by atoms with Crippen LogP contribution in [0.3, 0.4) is 0 Å². The van der Waals surface area contributed by atoms with Crippen LogP contribution in [0.1, 0.15) is 5.56 Å². The molecule has 1 aromatic carbocycles. The lowest BCUT2D eigenvalue weighted by atomic mass is 10.2. The van der Waals surface area contributed by atoms with Crippen molar-refractivity contribution >= 4 is 40.4 Å². The maximum Gasteiger partial charge on any atom is 0.348 e. The standard InChI is InChI=1S/C11H8Cl2N4O2/c1-6-7(12)3-2-4-8(6)16-11-9(17(18)19)10(13)14-5-15-11/h2-5H,1H3,(H,14,15,16). The average molecular weight is 299 g/mol. The SMILES string of the molecule is Cc1c(Cl)cccc1Nc1ncnc(Cl)c1[N+](=O)[O-]. The maximum absolute atomic E-state index is 11.0. The van der Waals surface area contributed by atoms with Gasteiger partial charge in [-0.05, 0) is 24.6 Å². The molecular formula is C11H8Cl2N4O2. The van der Waals surface area contributed by atoms with E-state index in [-0.39, 0.29) is 16.7 Å². The fourth-order valence-corrected chi connectivity index (χ4v) is 1.86. The van der Waals surface area contributed by atoms with Gasteiger partial charge in [-0.15, -0.1) is 0 Å². The molecule has 2 aromatic rings. The van der Waals surface area contributed by atoms with Crippen LogP contribution in [-0.2, 0) is 0 Å². The van der Waals surface area contributed by atoms with Gasteiger partial charge in [0.05, 0.1) is 4.92 Å². The second-order valence-corrected chi connectivity index (χ2v) is 4.42. The first-order valence-electron chi connectivity index (χ1n) is 5.17. The van der Waals surface area contributed by atoms with Gasteiger partial charge in [0.2, 0.25) is 11.0 Å². The second kappa shape index (κ2) is 5.38. The molecule has 0 atom stereocenters. The molecule has 19 heavy (non-hydrogen) atoms. The van der Waals surface area contributed by atoms with Crippen molar-refractivity contribution in [3.8, 4) is 0 Å². The monoisotopic (exact) mass is 298 g/mol. The van der Waals surface area contributed by atoms with Crippen molar-refractivity contribution in [1.82, 2.24) is 9.97 Å². The summed E-state index contributed by atoms with van der Waals surface area (Å²) >= 11 is 11.7. The largest absolute Gasteiger partial charge is 0.348 e. The molecule has 0 aliphatic rings. The van der Waals surface area contributed by atoms with E-state index in [1.165, 1.54) is 0 Å². The summed E-state index contributed by atoms with van der Waals surface area (Å²) in [4.78, 5) is 17.7. The molecule has 0 aliphatic heterocycles. The van der Waals surface area contributed by atoms with Crippen LogP contribution in [0.5, 0.6) is 0 Å². The van der Waals surface area contributed by atoms with E-state index in [4.69, 9.17) is 23.2 Å². The smallest absolute Gasteiger partial charge is 0.334 e. The Morgan fingerprint density at radius 3 is 2.74 bits per heavy atom. The molecule has 1 N–H and O–H groups in total. The summed E-state index contributed by atoms with van der Waals surface area (Å²) in [5.74, 6) is 0.0235. The zero-order valence-corrected chi connectivity index (χ0v) is 11.2. The van der Waals surface area contributed by atoms with Crippen molar-refractivity contribution in [3.63, 3.8) is 0 Å². The quantitative estimate of drug-likeness (QED) is 0.530. The fourth-order valence-electron chi connectivity index (χ4n) is 1.48. The van der Waals surface area contributed by atoms with Crippen LogP contribution < -0.4 is 5.32 Å². The van der Waals surface area contributed by atoms with E-state index in [0.29, 0.717) is 10.7 Å². The Bertz CT molecular complexity index is 649. The van der Waals surface area contributed by atoms with Crippen LogP contribution in [0.15, 0.2) is 24.5 Å². The molecule has 2 rings (SSSR count). The van der Waals surface area contributed by atoms with E-state index >= 15 is 0 Å². The summed E-state index contributed by atoms with van der Waals surface area (Å²) in [5, 5.41) is 14.1. The molecule has 0 saturated carbocycles. The van der Waals surface area contributed by atoms with E-state index in [1.54, 1.807) is 25.1 Å². The summed E-state index contributed by atoms with van der Waals surface area (Å²) in [6, 6.07) is 5.19. The highest BCUT2D eigenvalue weighted by molar-refractivity contribution is 6.32. The van der Waals surface area contributed by atoms with Gasteiger partial charge in [-0.1, -0.05) is 29.3 Å². The molecule has 1 heterocycles. The van der Waals surface area contributed by atoms with Gasteiger partial charge in [-0.25, -0.2) is 9.97 Å². The van der Waals surface area contributed by atoms with Crippen LogP contribution in [0.25, 0.3) is 0 Å². The molecule has 8 heteroatoms. The molecule has 0 unspecified atom stereocenters. The summed E-state index contributed by atoms with van der Waals surface area (Å²) in [5.41, 5.74) is 1.00.